The van der Waals surface area contributed by atoms with Crippen molar-refractivity contribution in [1.29, 1.82) is 0 Å². The summed E-state index contributed by atoms with van der Waals surface area (Å²) in [5, 5.41) is 7.73. The molecular formula is C25H24ClN3O2S2. The van der Waals surface area contributed by atoms with Gasteiger partial charge in [0.1, 0.15) is 11.5 Å². The molecular weight excluding hydrogens is 474 g/mol. The van der Waals surface area contributed by atoms with Crippen LogP contribution in [0.5, 0.6) is 0 Å². The standard InChI is InChI=1S/C25H24ClN3O2S2/c26-21-4-2-1-3-20(21)23-22(30)15-25(29(32)24(23)31,18-9-14-33-16-18)17-5-7-19(8-6-17)28-12-10-27-11-13-28/h1-9,14,16,23,27,32H,10-13,15H2. The number of benzene rings is 2. The van der Waals surface area contributed by atoms with Crippen LogP contribution < -0.4 is 10.2 Å². The fraction of sp³-hybridized carbons (Fsp3) is 0.280. The highest BCUT2D eigenvalue weighted by atomic mass is 35.5. The molecule has 2 aliphatic rings. The minimum absolute atomic E-state index is 0.127. The smallest absolute Gasteiger partial charge is 0.248 e. The second kappa shape index (κ2) is 9.14. The summed E-state index contributed by atoms with van der Waals surface area (Å²) in [6.45, 7) is 3.81. The number of nitrogens with zero attached hydrogens (tertiary/aromatic N) is 2. The molecule has 5 rings (SSSR count). The van der Waals surface area contributed by atoms with Gasteiger partial charge in [-0.1, -0.05) is 54.7 Å². The Morgan fingerprint density at radius 1 is 1.00 bits per heavy atom. The van der Waals surface area contributed by atoms with Crippen LogP contribution in [0.25, 0.3) is 0 Å². The van der Waals surface area contributed by atoms with Crippen LogP contribution in [0.1, 0.15) is 29.0 Å². The predicted octanol–water partition coefficient (Wildman–Crippen LogP) is 4.48. The number of ketones is 1. The van der Waals surface area contributed by atoms with Crippen LogP contribution in [0.15, 0.2) is 65.4 Å². The molecule has 1 aromatic heterocycles. The molecule has 1 amide bonds. The largest absolute Gasteiger partial charge is 0.369 e. The number of thiol groups is 1. The third kappa shape index (κ3) is 3.87. The van der Waals surface area contributed by atoms with Gasteiger partial charge in [-0.15, -0.1) is 0 Å². The highest BCUT2D eigenvalue weighted by Crippen LogP contribution is 2.48. The average Bonchev–Trinajstić information content (AvgIpc) is 3.39. The number of hydrogen-bond donors (Lipinski definition) is 2. The van der Waals surface area contributed by atoms with Crippen molar-refractivity contribution in [3.05, 3.63) is 87.1 Å². The summed E-state index contributed by atoms with van der Waals surface area (Å²) in [5.41, 5.74) is 2.44. The minimum Gasteiger partial charge on any atom is -0.369 e. The Bertz CT molecular complexity index is 1160. The van der Waals surface area contributed by atoms with Crippen LogP contribution in [0.3, 0.4) is 0 Å². The van der Waals surface area contributed by atoms with Crippen LogP contribution in [-0.4, -0.2) is 42.2 Å². The molecule has 3 aromatic rings. The van der Waals surface area contributed by atoms with Gasteiger partial charge in [-0.25, -0.2) is 0 Å². The Balaban J connectivity index is 1.56. The van der Waals surface area contributed by atoms with Gasteiger partial charge in [0.15, 0.2) is 5.78 Å². The second-order valence-corrected chi connectivity index (χ2v) is 9.99. The Labute approximate surface area is 207 Å². The maximum Gasteiger partial charge on any atom is 0.248 e. The molecule has 170 valence electrons. The number of Topliss-reactive ketones (excluding diaryl/α,β-unsaturated/α-hetero) is 1. The van der Waals surface area contributed by atoms with Crippen molar-refractivity contribution in [3.8, 4) is 0 Å². The molecule has 3 heterocycles. The van der Waals surface area contributed by atoms with Gasteiger partial charge in [0.25, 0.3) is 0 Å². The van der Waals surface area contributed by atoms with Crippen LogP contribution in [0.2, 0.25) is 5.02 Å². The molecule has 33 heavy (non-hydrogen) atoms. The molecule has 2 saturated heterocycles. The van der Waals surface area contributed by atoms with Gasteiger partial charge in [-0.05, 0) is 51.7 Å². The molecule has 5 nitrogen and oxygen atoms in total. The lowest BCUT2D eigenvalue weighted by molar-refractivity contribution is -0.142. The predicted molar refractivity (Wildman–Crippen MR) is 136 cm³/mol. The summed E-state index contributed by atoms with van der Waals surface area (Å²) < 4.78 is 1.45. The first-order valence-corrected chi connectivity index (χ1v) is 12.6. The average molecular weight is 498 g/mol. The van der Waals surface area contributed by atoms with Crippen molar-refractivity contribution in [2.75, 3.05) is 31.1 Å². The number of anilines is 1. The van der Waals surface area contributed by atoms with Crippen LogP contribution >= 0.6 is 35.8 Å². The van der Waals surface area contributed by atoms with Gasteiger partial charge < -0.3 is 10.2 Å². The topological polar surface area (TPSA) is 52.7 Å². The van der Waals surface area contributed by atoms with Crippen molar-refractivity contribution in [2.24, 2.45) is 0 Å². The number of carbonyl (C=O) groups is 2. The van der Waals surface area contributed by atoms with Crippen LogP contribution in [0, 0.1) is 0 Å². The lowest BCUT2D eigenvalue weighted by atomic mass is 9.73. The minimum atomic E-state index is -0.975. The van der Waals surface area contributed by atoms with E-state index in [1.165, 1.54) is 15.6 Å². The normalized spacial score (nSPS) is 23.8. The fourth-order valence-corrected chi connectivity index (χ4v) is 6.26. The number of thiophene rings is 1. The first kappa shape index (κ1) is 22.5. The summed E-state index contributed by atoms with van der Waals surface area (Å²) in [5.74, 6) is -1.47. The van der Waals surface area contributed by atoms with E-state index < -0.39 is 11.5 Å². The summed E-state index contributed by atoms with van der Waals surface area (Å²) in [6.07, 6.45) is 0.127. The summed E-state index contributed by atoms with van der Waals surface area (Å²) in [6, 6.07) is 17.2. The van der Waals surface area contributed by atoms with E-state index >= 15 is 0 Å². The molecule has 0 spiro atoms. The van der Waals surface area contributed by atoms with Crippen molar-refractivity contribution >= 4 is 53.1 Å². The molecule has 2 aromatic carbocycles. The van der Waals surface area contributed by atoms with Gasteiger partial charge in [-0.3, -0.25) is 13.9 Å². The van der Waals surface area contributed by atoms with Crippen LogP contribution in [-0.2, 0) is 15.1 Å². The van der Waals surface area contributed by atoms with E-state index in [-0.39, 0.29) is 18.1 Å². The molecule has 1 N–H and O–H groups in total. The first-order valence-electron chi connectivity index (χ1n) is 10.9. The third-order valence-electron chi connectivity index (χ3n) is 6.61. The van der Waals surface area contributed by atoms with E-state index in [4.69, 9.17) is 24.4 Å². The molecule has 0 radical (unpaired) electrons. The van der Waals surface area contributed by atoms with Crippen molar-refractivity contribution in [3.63, 3.8) is 0 Å². The second-order valence-electron chi connectivity index (χ2n) is 8.40. The zero-order valence-electron chi connectivity index (χ0n) is 17.9. The summed E-state index contributed by atoms with van der Waals surface area (Å²) in [4.78, 5) is 29.5. The van der Waals surface area contributed by atoms with Gasteiger partial charge in [0, 0.05) is 43.3 Å². The van der Waals surface area contributed by atoms with E-state index in [1.807, 2.05) is 29.0 Å². The Morgan fingerprint density at radius 3 is 2.39 bits per heavy atom. The number of piperidine rings is 1. The molecule has 2 aliphatic heterocycles. The van der Waals surface area contributed by atoms with Gasteiger partial charge >= 0.3 is 0 Å². The molecule has 8 heteroatoms. The summed E-state index contributed by atoms with van der Waals surface area (Å²) >= 11 is 12.6. The Morgan fingerprint density at radius 2 is 1.73 bits per heavy atom. The number of carbonyl (C=O) groups excluding carboxylic acids is 2. The quantitative estimate of drug-likeness (QED) is 0.412. The Kier molecular flexibility index (Phi) is 6.22. The van der Waals surface area contributed by atoms with Gasteiger partial charge in [0.05, 0.1) is 0 Å². The lowest BCUT2D eigenvalue weighted by Crippen LogP contribution is -2.54. The maximum atomic E-state index is 13.6. The number of rotatable bonds is 4. The number of halogens is 1. The highest BCUT2D eigenvalue weighted by Gasteiger charge is 2.52. The molecule has 2 unspecified atom stereocenters. The molecule has 0 saturated carbocycles. The molecule has 0 aliphatic carbocycles. The third-order valence-corrected chi connectivity index (χ3v) is 8.18. The first-order chi connectivity index (χ1) is 16.0. The number of piperazine rings is 1. The van der Waals surface area contributed by atoms with E-state index in [2.05, 4.69) is 22.3 Å². The van der Waals surface area contributed by atoms with E-state index in [9.17, 15) is 9.59 Å². The molecule has 2 atom stereocenters. The maximum absolute atomic E-state index is 13.6. The van der Waals surface area contributed by atoms with E-state index in [1.54, 1.807) is 24.3 Å². The number of amides is 1. The van der Waals surface area contributed by atoms with E-state index in [0.717, 1.165) is 43.0 Å². The highest BCUT2D eigenvalue weighted by molar-refractivity contribution is 7.78. The van der Waals surface area contributed by atoms with E-state index in [0.29, 0.717) is 10.6 Å². The van der Waals surface area contributed by atoms with Gasteiger partial charge in [-0.2, -0.15) is 11.3 Å². The van der Waals surface area contributed by atoms with Crippen molar-refractivity contribution in [1.82, 2.24) is 9.62 Å². The van der Waals surface area contributed by atoms with Crippen LogP contribution in [0.4, 0.5) is 5.69 Å². The number of hydrogen-bond acceptors (Lipinski definition) is 6. The zero-order chi connectivity index (χ0) is 23.0. The SMILES string of the molecule is O=C1CC(c2ccc(N3CCNCC3)cc2)(c2ccsc2)N(S)C(=O)C1c1ccccc1Cl. The van der Waals surface area contributed by atoms with Crippen molar-refractivity contribution < 1.29 is 9.59 Å². The molecule has 0 bridgehead atoms. The fourth-order valence-electron chi connectivity index (χ4n) is 4.88. The lowest BCUT2D eigenvalue weighted by Gasteiger charge is -2.46. The van der Waals surface area contributed by atoms with Crippen molar-refractivity contribution in [2.45, 2.75) is 17.9 Å². The monoisotopic (exact) mass is 497 g/mol. The Hall–Kier alpha value is -2.32. The summed E-state index contributed by atoms with van der Waals surface area (Å²) in [7, 11) is 0. The van der Waals surface area contributed by atoms with Gasteiger partial charge in [0.2, 0.25) is 5.91 Å². The molecule has 2 fully saturated rings. The number of nitrogens with one attached hydrogen (secondary N) is 1. The zero-order valence-corrected chi connectivity index (χ0v) is 20.4.